The predicted octanol–water partition coefficient (Wildman–Crippen LogP) is 4.77. The van der Waals surface area contributed by atoms with E-state index < -0.39 is 0 Å². The Morgan fingerprint density at radius 1 is 1.07 bits per heavy atom. The van der Waals surface area contributed by atoms with Crippen molar-refractivity contribution in [3.8, 4) is 0 Å². The Morgan fingerprint density at radius 3 is 2.59 bits per heavy atom. The van der Waals surface area contributed by atoms with Crippen LogP contribution in [0.5, 0.6) is 0 Å². The van der Waals surface area contributed by atoms with E-state index in [4.69, 9.17) is 0 Å². The molecule has 0 spiro atoms. The van der Waals surface area contributed by atoms with E-state index in [-0.39, 0.29) is 0 Å². The zero-order valence-electron chi connectivity index (χ0n) is 17.1. The first-order chi connectivity index (χ1) is 14.2. The molecule has 0 saturated carbocycles. The highest BCUT2D eigenvalue weighted by Crippen LogP contribution is 2.25. The van der Waals surface area contributed by atoms with Crippen LogP contribution in [0.4, 0.5) is 23.1 Å². The van der Waals surface area contributed by atoms with Gasteiger partial charge in [-0.2, -0.15) is 4.98 Å². The number of aryl methyl sites for hydroxylation is 1. The molecule has 6 heteroatoms. The SMILES string of the molecule is Cc1cc(Nc2ccc(N3CCC(C)CC3)cc2)nc(NCc2cccnc2)n1. The van der Waals surface area contributed by atoms with E-state index in [1.165, 1.54) is 18.5 Å². The summed E-state index contributed by atoms with van der Waals surface area (Å²) in [5.41, 5.74) is 4.32. The molecule has 0 atom stereocenters. The monoisotopic (exact) mass is 388 g/mol. The number of hydrogen-bond donors (Lipinski definition) is 2. The topological polar surface area (TPSA) is 66.0 Å². The van der Waals surface area contributed by atoms with Crippen molar-refractivity contribution < 1.29 is 0 Å². The Kier molecular flexibility index (Phi) is 5.89. The molecular formula is C23H28N6. The van der Waals surface area contributed by atoms with Crippen LogP contribution in [0.1, 0.15) is 31.0 Å². The van der Waals surface area contributed by atoms with E-state index in [0.29, 0.717) is 12.5 Å². The zero-order valence-corrected chi connectivity index (χ0v) is 17.1. The van der Waals surface area contributed by atoms with Crippen LogP contribution in [0.3, 0.4) is 0 Å². The van der Waals surface area contributed by atoms with Gasteiger partial charge >= 0.3 is 0 Å². The molecular weight excluding hydrogens is 360 g/mol. The molecule has 0 radical (unpaired) electrons. The van der Waals surface area contributed by atoms with Crippen molar-refractivity contribution in [1.29, 1.82) is 0 Å². The largest absolute Gasteiger partial charge is 0.372 e. The maximum atomic E-state index is 4.60. The van der Waals surface area contributed by atoms with Crippen molar-refractivity contribution in [2.24, 2.45) is 5.92 Å². The minimum Gasteiger partial charge on any atom is -0.372 e. The number of nitrogens with one attached hydrogen (secondary N) is 2. The van der Waals surface area contributed by atoms with Crippen molar-refractivity contribution in [2.75, 3.05) is 28.6 Å². The van der Waals surface area contributed by atoms with Crippen LogP contribution in [0.25, 0.3) is 0 Å². The number of aromatic nitrogens is 3. The normalized spacial score (nSPS) is 14.6. The lowest BCUT2D eigenvalue weighted by Gasteiger charge is -2.32. The van der Waals surface area contributed by atoms with Gasteiger partial charge in [-0.15, -0.1) is 0 Å². The van der Waals surface area contributed by atoms with Crippen LogP contribution >= 0.6 is 0 Å². The second-order valence-corrected chi connectivity index (χ2v) is 7.77. The molecule has 0 aliphatic carbocycles. The van der Waals surface area contributed by atoms with E-state index in [1.54, 1.807) is 6.20 Å². The minimum atomic E-state index is 0.607. The summed E-state index contributed by atoms with van der Waals surface area (Å²) in [7, 11) is 0. The summed E-state index contributed by atoms with van der Waals surface area (Å²) in [6, 6.07) is 14.5. The van der Waals surface area contributed by atoms with Gasteiger partial charge in [-0.3, -0.25) is 4.98 Å². The van der Waals surface area contributed by atoms with Crippen LogP contribution < -0.4 is 15.5 Å². The molecule has 1 aliphatic rings. The first-order valence-electron chi connectivity index (χ1n) is 10.3. The second-order valence-electron chi connectivity index (χ2n) is 7.77. The molecule has 1 saturated heterocycles. The molecule has 3 aromatic rings. The van der Waals surface area contributed by atoms with E-state index in [0.717, 1.165) is 41.8 Å². The number of piperidine rings is 1. The Labute approximate surface area is 172 Å². The highest BCUT2D eigenvalue weighted by molar-refractivity contribution is 5.61. The molecule has 2 N–H and O–H groups in total. The Balaban J connectivity index is 1.40. The van der Waals surface area contributed by atoms with Crippen molar-refractivity contribution in [2.45, 2.75) is 33.2 Å². The molecule has 29 heavy (non-hydrogen) atoms. The summed E-state index contributed by atoms with van der Waals surface area (Å²) < 4.78 is 0. The van der Waals surface area contributed by atoms with Gasteiger partial charge in [0.15, 0.2) is 0 Å². The summed E-state index contributed by atoms with van der Waals surface area (Å²) >= 11 is 0. The van der Waals surface area contributed by atoms with Crippen molar-refractivity contribution >= 4 is 23.1 Å². The van der Waals surface area contributed by atoms with Crippen molar-refractivity contribution in [3.05, 3.63) is 66.1 Å². The average molecular weight is 389 g/mol. The van der Waals surface area contributed by atoms with Gasteiger partial charge in [0.05, 0.1) is 0 Å². The van der Waals surface area contributed by atoms with E-state index in [9.17, 15) is 0 Å². The van der Waals surface area contributed by atoms with Crippen LogP contribution in [-0.4, -0.2) is 28.0 Å². The summed E-state index contributed by atoms with van der Waals surface area (Å²) in [5.74, 6) is 2.23. The predicted molar refractivity (Wildman–Crippen MR) is 119 cm³/mol. The van der Waals surface area contributed by atoms with Gasteiger partial charge < -0.3 is 15.5 Å². The summed E-state index contributed by atoms with van der Waals surface area (Å²) in [6.45, 7) is 7.24. The highest BCUT2D eigenvalue weighted by atomic mass is 15.1. The fourth-order valence-electron chi connectivity index (χ4n) is 3.57. The lowest BCUT2D eigenvalue weighted by atomic mass is 9.99. The minimum absolute atomic E-state index is 0.607. The molecule has 0 unspecified atom stereocenters. The van der Waals surface area contributed by atoms with Crippen molar-refractivity contribution in [1.82, 2.24) is 15.0 Å². The Morgan fingerprint density at radius 2 is 1.86 bits per heavy atom. The van der Waals surface area contributed by atoms with Gasteiger partial charge in [0, 0.05) is 55.2 Å². The molecule has 6 nitrogen and oxygen atoms in total. The van der Waals surface area contributed by atoms with Gasteiger partial charge in [0.2, 0.25) is 5.95 Å². The third-order valence-corrected chi connectivity index (χ3v) is 5.32. The lowest BCUT2D eigenvalue weighted by Crippen LogP contribution is -2.32. The Hall–Kier alpha value is -3.15. The maximum absolute atomic E-state index is 4.60. The third kappa shape index (κ3) is 5.22. The number of rotatable bonds is 6. The molecule has 2 aromatic heterocycles. The average Bonchev–Trinajstić information content (AvgIpc) is 2.74. The number of benzene rings is 1. The van der Waals surface area contributed by atoms with Crippen LogP contribution in [0.2, 0.25) is 0 Å². The second kappa shape index (κ2) is 8.90. The molecule has 0 amide bonds. The lowest BCUT2D eigenvalue weighted by molar-refractivity contribution is 0.438. The van der Waals surface area contributed by atoms with E-state index >= 15 is 0 Å². The molecule has 0 bridgehead atoms. The summed E-state index contributed by atoms with van der Waals surface area (Å²) in [4.78, 5) is 15.7. The van der Waals surface area contributed by atoms with Gasteiger partial charge in [-0.1, -0.05) is 13.0 Å². The van der Waals surface area contributed by atoms with Crippen LogP contribution in [0.15, 0.2) is 54.9 Å². The molecule has 1 aliphatic heterocycles. The first-order valence-corrected chi connectivity index (χ1v) is 10.3. The number of hydrogen-bond acceptors (Lipinski definition) is 6. The number of anilines is 4. The van der Waals surface area contributed by atoms with Crippen LogP contribution in [0, 0.1) is 12.8 Å². The molecule has 1 fully saturated rings. The molecule has 4 rings (SSSR count). The van der Waals surface area contributed by atoms with E-state index in [1.807, 2.05) is 31.3 Å². The van der Waals surface area contributed by atoms with Gasteiger partial charge in [-0.25, -0.2) is 4.98 Å². The fourth-order valence-corrected chi connectivity index (χ4v) is 3.57. The van der Waals surface area contributed by atoms with Gasteiger partial charge in [0.1, 0.15) is 5.82 Å². The molecule has 1 aromatic carbocycles. The first kappa shape index (κ1) is 19.2. The zero-order chi connectivity index (χ0) is 20.1. The van der Waals surface area contributed by atoms with Crippen molar-refractivity contribution in [3.63, 3.8) is 0 Å². The third-order valence-electron chi connectivity index (χ3n) is 5.32. The molecule has 3 heterocycles. The Bertz CT molecular complexity index is 918. The van der Waals surface area contributed by atoms with E-state index in [2.05, 4.69) is 61.7 Å². The quantitative estimate of drug-likeness (QED) is 0.634. The van der Waals surface area contributed by atoms with Gasteiger partial charge in [-0.05, 0) is 61.6 Å². The van der Waals surface area contributed by atoms with Crippen LogP contribution in [-0.2, 0) is 6.54 Å². The highest BCUT2D eigenvalue weighted by Gasteiger charge is 2.15. The summed E-state index contributed by atoms with van der Waals surface area (Å²) in [6.07, 6.45) is 6.16. The number of pyridine rings is 1. The van der Waals surface area contributed by atoms with Gasteiger partial charge in [0.25, 0.3) is 0 Å². The fraction of sp³-hybridized carbons (Fsp3) is 0.348. The number of nitrogens with zero attached hydrogens (tertiary/aromatic N) is 4. The maximum Gasteiger partial charge on any atom is 0.225 e. The standard InChI is InChI=1S/C23H28N6/c1-17-9-12-29(13-10-17)21-7-5-20(6-8-21)27-22-14-18(2)26-23(28-22)25-16-19-4-3-11-24-15-19/h3-8,11,14-15,17H,9-10,12-13,16H2,1-2H3,(H2,25,26,27,28). The summed E-state index contributed by atoms with van der Waals surface area (Å²) in [5, 5.41) is 6.67. The molecule has 150 valence electrons. The smallest absolute Gasteiger partial charge is 0.225 e.